The molecule has 0 aromatic heterocycles. The second kappa shape index (κ2) is 6.63. The van der Waals surface area contributed by atoms with Gasteiger partial charge in [-0.05, 0) is 24.3 Å². The summed E-state index contributed by atoms with van der Waals surface area (Å²) in [6.07, 6.45) is -0.611. The van der Waals surface area contributed by atoms with Crippen LogP contribution in [0.3, 0.4) is 0 Å². The second-order valence-corrected chi connectivity index (χ2v) is 3.41. The van der Waals surface area contributed by atoms with Gasteiger partial charge in [0.25, 0.3) is 0 Å². The molecule has 0 aliphatic carbocycles. The summed E-state index contributed by atoms with van der Waals surface area (Å²) < 4.78 is 5.32. The molecule has 1 unspecified atom stereocenters. The molecule has 0 spiro atoms. The lowest BCUT2D eigenvalue weighted by Gasteiger charge is -2.12. The normalized spacial score (nSPS) is 12.5. The Balaban J connectivity index is 2.27. The highest BCUT2D eigenvalue weighted by Crippen LogP contribution is 2.15. The second-order valence-electron chi connectivity index (χ2n) is 2.97. The van der Waals surface area contributed by atoms with Crippen LogP contribution in [0.2, 0.25) is 5.02 Å². The molecule has 1 rings (SSSR count). The molecular formula is C10H14ClNO3. The minimum Gasteiger partial charge on any atom is -0.491 e. The number of nitrogens with one attached hydrogen (secondary N) is 1. The van der Waals surface area contributed by atoms with Crippen LogP contribution in [0.1, 0.15) is 0 Å². The van der Waals surface area contributed by atoms with E-state index in [1.54, 1.807) is 24.3 Å². The Labute approximate surface area is 93.7 Å². The fourth-order valence-corrected chi connectivity index (χ4v) is 1.09. The van der Waals surface area contributed by atoms with Gasteiger partial charge < -0.3 is 14.7 Å². The Hall–Kier alpha value is -0.810. The number of hydroxylamine groups is 1. The molecule has 15 heavy (non-hydrogen) atoms. The van der Waals surface area contributed by atoms with Crippen molar-refractivity contribution in [1.29, 1.82) is 0 Å². The van der Waals surface area contributed by atoms with Gasteiger partial charge in [-0.2, -0.15) is 0 Å². The van der Waals surface area contributed by atoms with E-state index in [9.17, 15) is 5.11 Å². The molecule has 1 aromatic carbocycles. The lowest BCUT2D eigenvalue weighted by Crippen LogP contribution is -2.30. The molecule has 4 nitrogen and oxygen atoms in total. The van der Waals surface area contributed by atoms with E-state index in [1.165, 1.54) is 7.11 Å². The molecule has 0 aliphatic heterocycles. The van der Waals surface area contributed by atoms with Crippen LogP contribution in [0.25, 0.3) is 0 Å². The van der Waals surface area contributed by atoms with Crippen LogP contribution in [-0.2, 0) is 4.84 Å². The Bertz CT molecular complexity index is 279. The van der Waals surface area contributed by atoms with Crippen molar-refractivity contribution in [1.82, 2.24) is 5.48 Å². The van der Waals surface area contributed by atoms with Gasteiger partial charge in [-0.15, -0.1) is 0 Å². The van der Waals surface area contributed by atoms with Crippen molar-refractivity contribution < 1.29 is 14.7 Å². The van der Waals surface area contributed by atoms with Gasteiger partial charge >= 0.3 is 0 Å². The highest BCUT2D eigenvalue weighted by atomic mass is 35.5. The molecule has 0 heterocycles. The van der Waals surface area contributed by atoms with Gasteiger partial charge in [0.05, 0.1) is 13.7 Å². The highest BCUT2D eigenvalue weighted by molar-refractivity contribution is 6.30. The molecule has 84 valence electrons. The zero-order valence-electron chi connectivity index (χ0n) is 8.44. The Morgan fingerprint density at radius 2 is 2.07 bits per heavy atom. The van der Waals surface area contributed by atoms with Crippen LogP contribution in [-0.4, -0.2) is 31.5 Å². The molecule has 0 amide bonds. The van der Waals surface area contributed by atoms with Crippen LogP contribution < -0.4 is 10.2 Å². The van der Waals surface area contributed by atoms with E-state index in [1.807, 2.05) is 0 Å². The van der Waals surface area contributed by atoms with E-state index in [0.29, 0.717) is 17.3 Å². The van der Waals surface area contributed by atoms with Crippen molar-refractivity contribution in [3.05, 3.63) is 29.3 Å². The molecule has 0 bridgehead atoms. The minimum absolute atomic E-state index is 0.206. The lowest BCUT2D eigenvalue weighted by molar-refractivity contribution is 0.0322. The number of benzene rings is 1. The van der Waals surface area contributed by atoms with Crippen molar-refractivity contribution in [3.63, 3.8) is 0 Å². The van der Waals surface area contributed by atoms with Gasteiger partial charge in [-0.1, -0.05) is 11.6 Å². The van der Waals surface area contributed by atoms with Crippen molar-refractivity contribution in [3.8, 4) is 5.75 Å². The molecule has 5 heteroatoms. The van der Waals surface area contributed by atoms with E-state index in [4.69, 9.17) is 16.3 Å². The van der Waals surface area contributed by atoms with Gasteiger partial charge in [-0.25, -0.2) is 5.48 Å². The van der Waals surface area contributed by atoms with Crippen molar-refractivity contribution in [2.24, 2.45) is 0 Å². The number of ether oxygens (including phenoxy) is 1. The van der Waals surface area contributed by atoms with Crippen LogP contribution in [0.4, 0.5) is 0 Å². The quantitative estimate of drug-likeness (QED) is 0.724. The first-order chi connectivity index (χ1) is 7.22. The van der Waals surface area contributed by atoms with Crippen molar-refractivity contribution >= 4 is 11.6 Å². The maximum atomic E-state index is 9.40. The van der Waals surface area contributed by atoms with Crippen LogP contribution in [0.15, 0.2) is 24.3 Å². The summed E-state index contributed by atoms with van der Waals surface area (Å²) in [5, 5.41) is 10.1. The van der Waals surface area contributed by atoms with Gasteiger partial charge in [0.2, 0.25) is 0 Å². The number of halogens is 1. The first-order valence-corrected chi connectivity index (χ1v) is 4.92. The van der Waals surface area contributed by atoms with Gasteiger partial charge in [0, 0.05) is 5.02 Å². The Morgan fingerprint density at radius 3 is 2.67 bits per heavy atom. The third kappa shape index (κ3) is 4.99. The Morgan fingerprint density at radius 1 is 1.40 bits per heavy atom. The van der Waals surface area contributed by atoms with Gasteiger partial charge in [-0.3, -0.25) is 0 Å². The van der Waals surface area contributed by atoms with E-state index in [-0.39, 0.29) is 6.61 Å². The largest absolute Gasteiger partial charge is 0.491 e. The number of rotatable bonds is 6. The first kappa shape index (κ1) is 12.3. The van der Waals surface area contributed by atoms with Crippen molar-refractivity contribution in [2.45, 2.75) is 6.10 Å². The highest BCUT2D eigenvalue weighted by Gasteiger charge is 2.04. The van der Waals surface area contributed by atoms with Gasteiger partial charge in [0.1, 0.15) is 18.5 Å². The summed E-state index contributed by atoms with van der Waals surface area (Å²) in [4.78, 5) is 4.60. The smallest absolute Gasteiger partial charge is 0.119 e. The lowest BCUT2D eigenvalue weighted by atomic mass is 10.3. The molecule has 1 aromatic rings. The predicted octanol–water partition coefficient (Wildman–Crippen LogP) is 1.23. The summed E-state index contributed by atoms with van der Waals surface area (Å²) >= 11 is 5.71. The fourth-order valence-electron chi connectivity index (χ4n) is 0.962. The third-order valence-corrected chi connectivity index (χ3v) is 1.97. The molecule has 0 aliphatic rings. The zero-order valence-corrected chi connectivity index (χ0v) is 9.20. The van der Waals surface area contributed by atoms with Crippen molar-refractivity contribution in [2.75, 3.05) is 20.3 Å². The molecule has 2 N–H and O–H groups in total. The summed E-state index contributed by atoms with van der Waals surface area (Å²) in [5.74, 6) is 0.677. The number of aliphatic hydroxyl groups excluding tert-OH is 1. The SMILES string of the molecule is CONCC(O)COc1ccc(Cl)cc1. The molecule has 0 radical (unpaired) electrons. The van der Waals surface area contributed by atoms with E-state index >= 15 is 0 Å². The molecule has 0 saturated carbocycles. The summed E-state index contributed by atoms with van der Waals surface area (Å²) in [6, 6.07) is 6.96. The van der Waals surface area contributed by atoms with Crippen LogP contribution in [0, 0.1) is 0 Å². The molecule has 0 fully saturated rings. The third-order valence-electron chi connectivity index (χ3n) is 1.72. The predicted molar refractivity (Wildman–Crippen MR) is 58.0 cm³/mol. The maximum absolute atomic E-state index is 9.40. The summed E-state index contributed by atoms with van der Waals surface area (Å²) in [6.45, 7) is 0.530. The fraction of sp³-hybridized carbons (Fsp3) is 0.400. The Kier molecular flexibility index (Phi) is 5.42. The monoisotopic (exact) mass is 231 g/mol. The standard InChI is InChI=1S/C10H14ClNO3/c1-14-12-6-9(13)7-15-10-4-2-8(11)3-5-10/h2-5,9,12-13H,6-7H2,1H3. The van der Waals surface area contributed by atoms with E-state index in [0.717, 1.165) is 0 Å². The van der Waals surface area contributed by atoms with Crippen LogP contribution >= 0.6 is 11.6 Å². The molecule has 1 atom stereocenters. The number of aliphatic hydroxyl groups is 1. The first-order valence-electron chi connectivity index (χ1n) is 4.54. The average Bonchev–Trinajstić information content (AvgIpc) is 2.25. The van der Waals surface area contributed by atoms with Crippen LogP contribution in [0.5, 0.6) is 5.75 Å². The maximum Gasteiger partial charge on any atom is 0.119 e. The zero-order chi connectivity index (χ0) is 11.1. The number of hydrogen-bond donors (Lipinski definition) is 2. The number of hydrogen-bond acceptors (Lipinski definition) is 4. The van der Waals surface area contributed by atoms with E-state index in [2.05, 4.69) is 10.3 Å². The minimum atomic E-state index is -0.611. The van der Waals surface area contributed by atoms with E-state index < -0.39 is 6.10 Å². The average molecular weight is 232 g/mol. The summed E-state index contributed by atoms with van der Waals surface area (Å²) in [7, 11) is 1.49. The topological polar surface area (TPSA) is 50.7 Å². The molecule has 0 saturated heterocycles. The van der Waals surface area contributed by atoms with Gasteiger partial charge in [0.15, 0.2) is 0 Å². The summed E-state index contributed by atoms with van der Waals surface area (Å²) in [5.41, 5.74) is 2.54. The molecular weight excluding hydrogens is 218 g/mol.